The van der Waals surface area contributed by atoms with E-state index in [1.165, 1.54) is 6.20 Å². The van der Waals surface area contributed by atoms with Crippen molar-refractivity contribution < 1.29 is 9.90 Å². The Balaban J connectivity index is 2.17. The molecule has 0 fully saturated rings. The molecule has 3 rings (SSSR count). The zero-order chi connectivity index (χ0) is 12.7. The molecule has 0 atom stereocenters. The van der Waals surface area contributed by atoms with Gasteiger partial charge in [0.2, 0.25) is 5.78 Å². The van der Waals surface area contributed by atoms with Crippen LogP contribution < -0.4 is 0 Å². The third-order valence-electron chi connectivity index (χ3n) is 2.65. The fourth-order valence-electron chi connectivity index (χ4n) is 1.78. The molecule has 3 heterocycles. The van der Waals surface area contributed by atoms with Crippen molar-refractivity contribution in [1.29, 1.82) is 0 Å². The average Bonchev–Trinajstić information content (AvgIpc) is 2.93. The lowest BCUT2D eigenvalue weighted by atomic mass is 10.2. The molecule has 18 heavy (non-hydrogen) atoms. The third kappa shape index (κ3) is 1.53. The first kappa shape index (κ1) is 10.5. The summed E-state index contributed by atoms with van der Waals surface area (Å²) in [5.74, 6) is -0.707. The van der Waals surface area contributed by atoms with E-state index in [-0.39, 0.29) is 5.69 Å². The Morgan fingerprint density at radius 2 is 2.22 bits per heavy atom. The molecule has 0 radical (unpaired) electrons. The van der Waals surface area contributed by atoms with E-state index in [9.17, 15) is 4.79 Å². The lowest BCUT2D eigenvalue weighted by Crippen LogP contribution is -1.96. The highest BCUT2D eigenvalue weighted by Crippen LogP contribution is 2.17. The van der Waals surface area contributed by atoms with Crippen LogP contribution in [0.1, 0.15) is 10.5 Å². The monoisotopic (exact) mass is 243 g/mol. The number of aromatic carboxylic acids is 1. The van der Waals surface area contributed by atoms with Crippen LogP contribution in [0.2, 0.25) is 0 Å². The molecular weight excluding hydrogens is 234 g/mol. The molecule has 7 heteroatoms. The average molecular weight is 243 g/mol. The molecule has 0 aromatic carbocycles. The normalized spacial score (nSPS) is 10.9. The third-order valence-corrected chi connectivity index (χ3v) is 2.65. The van der Waals surface area contributed by atoms with Gasteiger partial charge in [-0.3, -0.25) is 9.08 Å². The van der Waals surface area contributed by atoms with Crippen molar-refractivity contribution in [3.05, 3.63) is 36.5 Å². The summed E-state index contributed by atoms with van der Waals surface area (Å²) in [5, 5.41) is 12.9. The molecule has 0 saturated heterocycles. The number of hydrogen-bond acceptors (Lipinski definition) is 4. The van der Waals surface area contributed by atoms with Gasteiger partial charge in [-0.15, -0.1) is 0 Å². The second kappa shape index (κ2) is 3.66. The fourth-order valence-corrected chi connectivity index (χ4v) is 1.78. The number of carboxylic acids is 1. The minimum absolute atomic E-state index is 0.0235. The lowest BCUT2D eigenvalue weighted by molar-refractivity contribution is 0.0691. The molecule has 0 aliphatic rings. The highest BCUT2D eigenvalue weighted by molar-refractivity contribution is 5.85. The van der Waals surface area contributed by atoms with E-state index >= 15 is 0 Å². The summed E-state index contributed by atoms with van der Waals surface area (Å²) in [6, 6.07) is 1.86. The van der Waals surface area contributed by atoms with Gasteiger partial charge in [-0.05, 0) is 6.07 Å². The summed E-state index contributed by atoms with van der Waals surface area (Å²) >= 11 is 0. The van der Waals surface area contributed by atoms with Crippen LogP contribution in [0.25, 0.3) is 17.0 Å². The first-order valence-electron chi connectivity index (χ1n) is 5.21. The number of imidazole rings is 1. The Morgan fingerprint density at radius 3 is 2.89 bits per heavy atom. The van der Waals surface area contributed by atoms with Crippen LogP contribution in [0.4, 0.5) is 0 Å². The number of aromatic nitrogens is 5. The van der Waals surface area contributed by atoms with Crippen LogP contribution >= 0.6 is 0 Å². The maximum absolute atomic E-state index is 10.8. The highest BCUT2D eigenvalue weighted by atomic mass is 16.4. The van der Waals surface area contributed by atoms with Crippen molar-refractivity contribution in [3.8, 4) is 11.3 Å². The van der Waals surface area contributed by atoms with Gasteiger partial charge in [-0.25, -0.2) is 14.8 Å². The zero-order valence-electron chi connectivity index (χ0n) is 9.48. The number of carboxylic acid groups (broad SMARTS) is 1. The van der Waals surface area contributed by atoms with E-state index in [0.717, 1.165) is 11.3 Å². The summed E-state index contributed by atoms with van der Waals surface area (Å²) in [5.41, 5.74) is 1.72. The van der Waals surface area contributed by atoms with E-state index in [1.807, 2.05) is 13.1 Å². The Hall–Kier alpha value is -2.70. The summed E-state index contributed by atoms with van der Waals surface area (Å²) < 4.78 is 3.31. The van der Waals surface area contributed by atoms with Crippen LogP contribution in [0, 0.1) is 0 Å². The van der Waals surface area contributed by atoms with Gasteiger partial charge in [0.15, 0.2) is 5.69 Å². The number of aryl methyl sites for hydroxylation is 1. The molecule has 0 unspecified atom stereocenters. The van der Waals surface area contributed by atoms with Gasteiger partial charge >= 0.3 is 5.97 Å². The van der Waals surface area contributed by atoms with E-state index in [1.54, 1.807) is 27.7 Å². The van der Waals surface area contributed by atoms with Gasteiger partial charge in [-0.2, -0.15) is 5.10 Å². The second-order valence-electron chi connectivity index (χ2n) is 3.82. The first-order valence-corrected chi connectivity index (χ1v) is 5.21. The molecule has 7 nitrogen and oxygen atoms in total. The maximum atomic E-state index is 10.8. The van der Waals surface area contributed by atoms with Crippen LogP contribution in [-0.2, 0) is 7.05 Å². The topological polar surface area (TPSA) is 85.3 Å². The van der Waals surface area contributed by atoms with E-state index in [4.69, 9.17) is 5.11 Å². The van der Waals surface area contributed by atoms with Crippen molar-refractivity contribution in [1.82, 2.24) is 24.1 Å². The molecule has 0 aliphatic heterocycles. The molecule has 3 aromatic heterocycles. The molecular formula is C11H9N5O2. The molecule has 0 bridgehead atoms. The predicted molar refractivity (Wildman–Crippen MR) is 62.1 cm³/mol. The van der Waals surface area contributed by atoms with Crippen molar-refractivity contribution in [3.63, 3.8) is 0 Å². The predicted octanol–water partition coefficient (Wildman–Crippen LogP) is 0.828. The number of carbonyl (C=O) groups is 1. The lowest BCUT2D eigenvalue weighted by Gasteiger charge is -2.01. The van der Waals surface area contributed by atoms with Crippen LogP contribution in [0.5, 0.6) is 0 Å². The van der Waals surface area contributed by atoms with Crippen LogP contribution in [0.3, 0.4) is 0 Å². The van der Waals surface area contributed by atoms with Crippen LogP contribution in [0.15, 0.2) is 30.9 Å². The quantitative estimate of drug-likeness (QED) is 0.720. The van der Waals surface area contributed by atoms with E-state index in [2.05, 4.69) is 15.1 Å². The standard InChI is InChI=1S/C11H9N5O2/c1-15-9(2-3-13-15)7-4-12-11-14-8(10(17)18)6-16(11)5-7/h2-6H,1H3,(H,17,18). The molecule has 3 aromatic rings. The van der Waals surface area contributed by atoms with Crippen molar-refractivity contribution in [2.45, 2.75) is 0 Å². The van der Waals surface area contributed by atoms with Gasteiger partial charge in [0.05, 0.1) is 5.69 Å². The number of fused-ring (bicyclic) bond motifs is 1. The fraction of sp³-hybridized carbons (Fsp3) is 0.0909. The van der Waals surface area contributed by atoms with Gasteiger partial charge in [0, 0.05) is 37.4 Å². The number of hydrogen-bond donors (Lipinski definition) is 1. The molecule has 0 spiro atoms. The largest absolute Gasteiger partial charge is 0.476 e. The molecule has 90 valence electrons. The molecule has 0 amide bonds. The van der Waals surface area contributed by atoms with Gasteiger partial charge in [-0.1, -0.05) is 0 Å². The molecule has 0 saturated carbocycles. The second-order valence-corrected chi connectivity index (χ2v) is 3.82. The highest BCUT2D eigenvalue weighted by Gasteiger charge is 2.11. The smallest absolute Gasteiger partial charge is 0.356 e. The number of nitrogens with zero attached hydrogens (tertiary/aromatic N) is 5. The zero-order valence-corrected chi connectivity index (χ0v) is 9.48. The van der Waals surface area contributed by atoms with Crippen LogP contribution in [-0.4, -0.2) is 35.2 Å². The van der Waals surface area contributed by atoms with Crippen molar-refractivity contribution >= 4 is 11.7 Å². The molecule has 1 N–H and O–H groups in total. The van der Waals surface area contributed by atoms with Gasteiger partial charge < -0.3 is 5.11 Å². The van der Waals surface area contributed by atoms with Crippen molar-refractivity contribution in [2.24, 2.45) is 7.05 Å². The minimum atomic E-state index is -1.07. The molecule has 0 aliphatic carbocycles. The van der Waals surface area contributed by atoms with E-state index < -0.39 is 5.97 Å². The summed E-state index contributed by atoms with van der Waals surface area (Å²) in [6.45, 7) is 0. The minimum Gasteiger partial charge on any atom is -0.476 e. The van der Waals surface area contributed by atoms with Gasteiger partial charge in [0.1, 0.15) is 0 Å². The summed E-state index contributed by atoms with van der Waals surface area (Å²) in [4.78, 5) is 18.8. The number of rotatable bonds is 2. The van der Waals surface area contributed by atoms with Crippen molar-refractivity contribution in [2.75, 3.05) is 0 Å². The first-order chi connectivity index (χ1) is 8.65. The Kier molecular flexibility index (Phi) is 2.12. The van der Waals surface area contributed by atoms with Gasteiger partial charge in [0.25, 0.3) is 0 Å². The summed E-state index contributed by atoms with van der Waals surface area (Å²) in [6.07, 6.45) is 6.55. The Bertz CT molecular complexity index is 743. The Morgan fingerprint density at radius 1 is 1.39 bits per heavy atom. The summed E-state index contributed by atoms with van der Waals surface area (Å²) in [7, 11) is 1.83. The SMILES string of the molecule is Cn1nccc1-c1cnc2nc(C(=O)O)cn2c1. The Labute approximate surface area is 101 Å². The van der Waals surface area contributed by atoms with E-state index in [0.29, 0.717) is 5.78 Å². The maximum Gasteiger partial charge on any atom is 0.356 e.